The van der Waals surface area contributed by atoms with Crippen LogP contribution in [0.25, 0.3) is 0 Å². The summed E-state index contributed by atoms with van der Waals surface area (Å²) in [6.07, 6.45) is -4.43. The van der Waals surface area contributed by atoms with E-state index in [0.29, 0.717) is 0 Å². The number of alkyl halides is 3. The molecule has 0 N–H and O–H groups in total. The fraction of sp³-hybridized carbons (Fsp3) is 0.300. The molecule has 0 spiro atoms. The minimum Gasteiger partial charge on any atom is -0.292 e. The highest BCUT2D eigenvalue weighted by Gasteiger charge is 2.30. The Morgan fingerprint density at radius 2 is 1.75 bits per heavy atom. The second-order valence-corrected chi connectivity index (χ2v) is 3.22. The van der Waals surface area contributed by atoms with E-state index in [1.165, 1.54) is 6.92 Å². The van der Waals surface area contributed by atoms with Crippen LogP contribution < -0.4 is 0 Å². The van der Waals surface area contributed by atoms with Crippen LogP contribution in [0, 0.1) is 4.91 Å². The van der Waals surface area contributed by atoms with Crippen molar-refractivity contribution in [1.29, 1.82) is 0 Å². The number of carbonyl (C=O) groups excluding carboxylic acids is 1. The molecule has 3 nitrogen and oxygen atoms in total. The SMILES string of the molecule is CC(N=O)C(=O)c1ccc(C(F)(F)F)cc1. The summed E-state index contributed by atoms with van der Waals surface area (Å²) in [7, 11) is 0. The van der Waals surface area contributed by atoms with Gasteiger partial charge in [0.1, 0.15) is 0 Å². The Labute approximate surface area is 89.2 Å². The number of hydrogen-bond acceptors (Lipinski definition) is 3. The zero-order valence-corrected chi connectivity index (χ0v) is 8.28. The van der Waals surface area contributed by atoms with Crippen molar-refractivity contribution in [1.82, 2.24) is 0 Å². The monoisotopic (exact) mass is 231 g/mol. The van der Waals surface area contributed by atoms with Crippen molar-refractivity contribution in [3.63, 3.8) is 0 Å². The van der Waals surface area contributed by atoms with Crippen LogP contribution in [0.15, 0.2) is 29.4 Å². The normalized spacial score (nSPS) is 13.2. The Morgan fingerprint density at radius 1 is 1.25 bits per heavy atom. The Bertz CT molecular complexity index is 398. The summed E-state index contributed by atoms with van der Waals surface area (Å²) >= 11 is 0. The van der Waals surface area contributed by atoms with Crippen LogP contribution in [-0.4, -0.2) is 11.8 Å². The van der Waals surface area contributed by atoms with E-state index in [0.717, 1.165) is 24.3 Å². The van der Waals surface area contributed by atoms with E-state index in [-0.39, 0.29) is 5.56 Å². The van der Waals surface area contributed by atoms with E-state index < -0.39 is 23.6 Å². The Kier molecular flexibility index (Phi) is 3.41. The molecule has 86 valence electrons. The summed E-state index contributed by atoms with van der Waals surface area (Å²) in [4.78, 5) is 21.5. The van der Waals surface area contributed by atoms with E-state index in [4.69, 9.17) is 0 Å². The van der Waals surface area contributed by atoms with Crippen LogP contribution in [-0.2, 0) is 6.18 Å². The number of Topliss-reactive ketones (excluding diaryl/α,β-unsaturated/α-hetero) is 1. The van der Waals surface area contributed by atoms with Gasteiger partial charge in [-0.3, -0.25) is 4.79 Å². The highest BCUT2D eigenvalue weighted by Crippen LogP contribution is 2.29. The fourth-order valence-corrected chi connectivity index (χ4v) is 1.11. The third kappa shape index (κ3) is 2.65. The van der Waals surface area contributed by atoms with Crippen LogP contribution >= 0.6 is 0 Å². The van der Waals surface area contributed by atoms with Gasteiger partial charge in [-0.05, 0) is 19.1 Å². The molecule has 0 fully saturated rings. The van der Waals surface area contributed by atoms with Crippen molar-refractivity contribution in [2.45, 2.75) is 19.1 Å². The van der Waals surface area contributed by atoms with Crippen molar-refractivity contribution in [3.8, 4) is 0 Å². The zero-order valence-electron chi connectivity index (χ0n) is 8.28. The average molecular weight is 231 g/mol. The molecule has 16 heavy (non-hydrogen) atoms. The third-order valence-corrected chi connectivity index (χ3v) is 2.03. The molecule has 6 heteroatoms. The number of ketones is 1. The van der Waals surface area contributed by atoms with Crippen molar-refractivity contribution in [3.05, 3.63) is 40.3 Å². The van der Waals surface area contributed by atoms with Crippen LogP contribution in [0.5, 0.6) is 0 Å². The number of nitroso groups, excluding NO2 is 1. The average Bonchev–Trinajstić information content (AvgIpc) is 2.26. The second kappa shape index (κ2) is 4.42. The summed E-state index contributed by atoms with van der Waals surface area (Å²) < 4.78 is 36.6. The molecule has 0 radical (unpaired) electrons. The first kappa shape index (κ1) is 12.4. The summed E-state index contributed by atoms with van der Waals surface area (Å²) in [6.45, 7) is 1.28. The molecule has 0 saturated carbocycles. The first-order chi connectivity index (χ1) is 7.36. The summed E-state index contributed by atoms with van der Waals surface area (Å²) in [5, 5.41) is 2.51. The molecule has 0 heterocycles. The molecule has 0 saturated heterocycles. The maximum atomic E-state index is 12.2. The van der Waals surface area contributed by atoms with Gasteiger partial charge in [0.05, 0.1) is 5.56 Å². The molecule has 0 aliphatic carbocycles. The number of carbonyl (C=O) groups is 1. The first-order valence-corrected chi connectivity index (χ1v) is 4.40. The maximum Gasteiger partial charge on any atom is 0.416 e. The predicted molar refractivity (Wildman–Crippen MR) is 51.0 cm³/mol. The molecule has 0 aliphatic heterocycles. The van der Waals surface area contributed by atoms with Gasteiger partial charge in [-0.25, -0.2) is 0 Å². The Hall–Kier alpha value is -1.72. The maximum absolute atomic E-state index is 12.2. The third-order valence-electron chi connectivity index (χ3n) is 2.03. The van der Waals surface area contributed by atoms with E-state index in [9.17, 15) is 22.9 Å². The highest BCUT2D eigenvalue weighted by atomic mass is 19.4. The number of rotatable bonds is 3. The second-order valence-electron chi connectivity index (χ2n) is 3.22. The molecule has 0 aliphatic rings. The molecular formula is C10H8F3NO2. The zero-order chi connectivity index (χ0) is 12.3. The van der Waals surface area contributed by atoms with Crippen molar-refractivity contribution in [2.24, 2.45) is 5.18 Å². The number of hydrogen-bond donors (Lipinski definition) is 0. The van der Waals surface area contributed by atoms with Crippen molar-refractivity contribution < 1.29 is 18.0 Å². The molecule has 1 rings (SSSR count). The van der Waals surface area contributed by atoms with Crippen LogP contribution in [0.1, 0.15) is 22.8 Å². The standard InChI is InChI=1S/C10H8F3NO2/c1-6(14-16)9(15)7-2-4-8(5-3-7)10(11,12)13/h2-6H,1H3. The lowest BCUT2D eigenvalue weighted by atomic mass is 10.0. The molecule has 1 aromatic rings. The van der Waals surface area contributed by atoms with Gasteiger partial charge in [0.15, 0.2) is 11.8 Å². The lowest BCUT2D eigenvalue weighted by molar-refractivity contribution is -0.137. The lowest BCUT2D eigenvalue weighted by Crippen LogP contribution is -2.14. The van der Waals surface area contributed by atoms with E-state index in [2.05, 4.69) is 5.18 Å². The molecule has 1 aromatic carbocycles. The highest BCUT2D eigenvalue weighted by molar-refractivity contribution is 5.99. The number of benzene rings is 1. The lowest BCUT2D eigenvalue weighted by Gasteiger charge is -2.07. The van der Waals surface area contributed by atoms with E-state index in [1.54, 1.807) is 0 Å². The van der Waals surface area contributed by atoms with E-state index in [1.807, 2.05) is 0 Å². The van der Waals surface area contributed by atoms with Gasteiger partial charge in [-0.2, -0.15) is 18.1 Å². The quantitative estimate of drug-likeness (QED) is 0.592. The predicted octanol–water partition coefficient (Wildman–Crippen LogP) is 3.04. The van der Waals surface area contributed by atoms with Gasteiger partial charge in [-0.1, -0.05) is 17.3 Å². The van der Waals surface area contributed by atoms with Crippen LogP contribution in [0.2, 0.25) is 0 Å². The molecule has 0 bridgehead atoms. The van der Waals surface area contributed by atoms with Crippen molar-refractivity contribution >= 4 is 5.78 Å². The van der Waals surface area contributed by atoms with Gasteiger partial charge in [-0.15, -0.1) is 0 Å². The summed E-state index contributed by atoms with van der Waals surface area (Å²) in [6, 6.07) is 2.58. The first-order valence-electron chi connectivity index (χ1n) is 4.40. The summed E-state index contributed by atoms with van der Waals surface area (Å²) in [5.41, 5.74) is -0.795. The van der Waals surface area contributed by atoms with Crippen LogP contribution in [0.4, 0.5) is 13.2 Å². The fourth-order valence-electron chi connectivity index (χ4n) is 1.11. The molecule has 1 atom stereocenters. The molecule has 0 amide bonds. The Balaban J connectivity index is 2.96. The van der Waals surface area contributed by atoms with Gasteiger partial charge < -0.3 is 0 Å². The van der Waals surface area contributed by atoms with Gasteiger partial charge in [0.2, 0.25) is 0 Å². The molecular weight excluding hydrogens is 223 g/mol. The molecule has 1 unspecified atom stereocenters. The number of halogens is 3. The topological polar surface area (TPSA) is 46.5 Å². The minimum absolute atomic E-state index is 0.0418. The largest absolute Gasteiger partial charge is 0.416 e. The number of nitrogens with zero attached hydrogens (tertiary/aromatic N) is 1. The van der Waals surface area contributed by atoms with Crippen molar-refractivity contribution in [2.75, 3.05) is 0 Å². The Morgan fingerprint density at radius 3 is 2.12 bits per heavy atom. The minimum atomic E-state index is -4.43. The smallest absolute Gasteiger partial charge is 0.292 e. The molecule has 0 aromatic heterocycles. The van der Waals surface area contributed by atoms with E-state index >= 15 is 0 Å². The van der Waals surface area contributed by atoms with Gasteiger partial charge in [0, 0.05) is 5.56 Å². The summed E-state index contributed by atoms with van der Waals surface area (Å²) in [5.74, 6) is -0.594. The van der Waals surface area contributed by atoms with Gasteiger partial charge in [0.25, 0.3) is 0 Å². The van der Waals surface area contributed by atoms with Gasteiger partial charge >= 0.3 is 6.18 Å². The van der Waals surface area contributed by atoms with Crippen LogP contribution in [0.3, 0.4) is 0 Å².